The number of piperazine rings is 1. The zero-order chi connectivity index (χ0) is 21.3. The van der Waals surface area contributed by atoms with E-state index in [4.69, 9.17) is 14.0 Å². The molecular weight excluding hydrogens is 425 g/mol. The van der Waals surface area contributed by atoms with E-state index in [-0.39, 0.29) is 23.0 Å². The zero-order valence-electron chi connectivity index (χ0n) is 15.3. The second-order valence-corrected chi connectivity index (χ2v) is 7.69. The van der Waals surface area contributed by atoms with Crippen molar-refractivity contribution in [3.05, 3.63) is 23.7 Å². The molecule has 3 aromatic rings. The molecule has 2 bridgehead atoms. The van der Waals surface area contributed by atoms with Crippen LogP contribution < -0.4 is 15.0 Å². The molecular formula is C18H15F3N4O4S. The molecule has 1 N–H and O–H groups in total. The molecule has 30 heavy (non-hydrogen) atoms. The Balaban J connectivity index is 0.000000687. The molecule has 1 aromatic carbocycles. The minimum atomic E-state index is -4.80. The number of alkyl halides is 3. The summed E-state index contributed by atoms with van der Waals surface area (Å²) in [6.45, 7) is 1.43. The van der Waals surface area contributed by atoms with Crippen molar-refractivity contribution in [2.45, 2.75) is 31.3 Å². The van der Waals surface area contributed by atoms with Crippen molar-refractivity contribution < 1.29 is 31.9 Å². The Morgan fingerprint density at radius 1 is 1.23 bits per heavy atom. The summed E-state index contributed by atoms with van der Waals surface area (Å²) in [4.78, 5) is 26.8. The van der Waals surface area contributed by atoms with Gasteiger partial charge in [0.05, 0.1) is 5.56 Å². The average molecular weight is 440 g/mol. The lowest BCUT2D eigenvalue weighted by atomic mass is 10.2. The van der Waals surface area contributed by atoms with E-state index in [1.807, 2.05) is 4.90 Å². The van der Waals surface area contributed by atoms with E-state index in [1.165, 1.54) is 23.5 Å². The van der Waals surface area contributed by atoms with E-state index in [2.05, 4.69) is 20.0 Å². The van der Waals surface area contributed by atoms with Gasteiger partial charge >= 0.3 is 12.5 Å². The quantitative estimate of drug-likeness (QED) is 0.663. The van der Waals surface area contributed by atoms with Crippen molar-refractivity contribution in [2.24, 2.45) is 0 Å². The molecule has 2 aromatic heterocycles. The number of hydrogen-bond acceptors (Lipinski definition) is 9. The molecule has 4 heterocycles. The third-order valence-electron chi connectivity index (χ3n) is 4.87. The average Bonchev–Trinajstić information content (AvgIpc) is 3.42. The summed E-state index contributed by atoms with van der Waals surface area (Å²) >= 11 is 1.38. The third-order valence-corrected chi connectivity index (χ3v) is 5.68. The number of ether oxygens (including phenoxy) is 1. The molecule has 2 atom stereocenters. The predicted molar refractivity (Wildman–Crippen MR) is 99.0 cm³/mol. The van der Waals surface area contributed by atoms with Gasteiger partial charge in [-0.2, -0.15) is 14.6 Å². The first-order valence-electron chi connectivity index (χ1n) is 8.97. The van der Waals surface area contributed by atoms with Gasteiger partial charge in [0.1, 0.15) is 5.01 Å². The van der Waals surface area contributed by atoms with Crippen LogP contribution >= 0.6 is 11.3 Å². The Hall–Kier alpha value is -2.95. The largest absolute Gasteiger partial charge is 0.573 e. The van der Waals surface area contributed by atoms with E-state index in [9.17, 15) is 13.2 Å². The molecule has 0 radical (unpaired) electrons. The SMILES string of the molecule is FC(F)(F)Oc1ccc(-c2nccs2)c2oc(N3CC4CCC(C3)N4)nc12.O=C=O. The van der Waals surface area contributed by atoms with Crippen LogP contribution in [-0.2, 0) is 9.59 Å². The molecule has 5 rings (SSSR count). The number of nitrogens with zero attached hydrogens (tertiary/aromatic N) is 3. The highest BCUT2D eigenvalue weighted by atomic mass is 32.1. The van der Waals surface area contributed by atoms with Gasteiger partial charge in [0, 0.05) is 36.8 Å². The summed E-state index contributed by atoms with van der Waals surface area (Å²) in [5, 5.41) is 5.96. The third kappa shape index (κ3) is 4.16. The molecule has 0 spiro atoms. The highest BCUT2D eigenvalue weighted by Gasteiger charge is 2.36. The van der Waals surface area contributed by atoms with Crippen molar-refractivity contribution in [1.82, 2.24) is 15.3 Å². The van der Waals surface area contributed by atoms with Crippen LogP contribution in [0.25, 0.3) is 21.7 Å². The molecule has 8 nitrogen and oxygen atoms in total. The smallest absolute Gasteiger partial charge is 0.422 e. The number of nitrogens with one attached hydrogen (secondary N) is 1. The maximum Gasteiger partial charge on any atom is 0.573 e. The molecule has 158 valence electrons. The molecule has 12 heteroatoms. The molecule has 0 saturated carbocycles. The molecule has 0 amide bonds. The number of hydrogen-bond donors (Lipinski definition) is 1. The minimum absolute atomic E-state index is 0.0564. The lowest BCUT2D eigenvalue weighted by molar-refractivity contribution is -0.274. The molecule has 2 unspecified atom stereocenters. The van der Waals surface area contributed by atoms with E-state index >= 15 is 0 Å². The fraction of sp³-hybridized carbons (Fsp3) is 0.389. The topological polar surface area (TPSA) is 97.6 Å². The van der Waals surface area contributed by atoms with Gasteiger partial charge < -0.3 is 19.4 Å². The van der Waals surface area contributed by atoms with Gasteiger partial charge in [0.2, 0.25) is 0 Å². The van der Waals surface area contributed by atoms with Crippen molar-refractivity contribution in [1.29, 1.82) is 0 Å². The second-order valence-electron chi connectivity index (χ2n) is 6.80. The van der Waals surface area contributed by atoms with E-state index in [0.29, 0.717) is 41.8 Å². The summed E-state index contributed by atoms with van der Waals surface area (Å²) in [6.07, 6.45) is -0.761. The number of benzene rings is 1. The minimum Gasteiger partial charge on any atom is -0.422 e. The Morgan fingerprint density at radius 2 is 1.93 bits per heavy atom. The summed E-state index contributed by atoms with van der Waals surface area (Å²) in [5.41, 5.74) is 0.917. The van der Waals surface area contributed by atoms with Gasteiger partial charge in [0.25, 0.3) is 6.01 Å². The van der Waals surface area contributed by atoms with Gasteiger partial charge in [-0.15, -0.1) is 24.5 Å². The van der Waals surface area contributed by atoms with Gasteiger partial charge in [-0.05, 0) is 25.0 Å². The predicted octanol–water partition coefficient (Wildman–Crippen LogP) is 3.21. The summed E-state index contributed by atoms with van der Waals surface area (Å²) in [6, 6.07) is 3.81. The lowest BCUT2D eigenvalue weighted by Crippen LogP contribution is -2.51. The first-order valence-corrected chi connectivity index (χ1v) is 9.85. The van der Waals surface area contributed by atoms with Gasteiger partial charge in [-0.1, -0.05) is 0 Å². The van der Waals surface area contributed by atoms with Crippen LogP contribution in [-0.4, -0.2) is 47.7 Å². The van der Waals surface area contributed by atoms with Crippen LogP contribution in [0.2, 0.25) is 0 Å². The molecule has 2 fully saturated rings. The van der Waals surface area contributed by atoms with Crippen LogP contribution in [0.3, 0.4) is 0 Å². The molecule has 2 aliphatic heterocycles. The second kappa shape index (κ2) is 8.05. The zero-order valence-corrected chi connectivity index (χ0v) is 16.1. The Morgan fingerprint density at radius 3 is 2.53 bits per heavy atom. The standard InChI is InChI=1S/C17H15F3N4O2S.CO2/c18-17(19,20)26-12-4-3-11(15-21-5-6-27-15)14-13(12)23-16(25-14)24-7-9-1-2-10(8-24)22-9;2-1-3/h3-6,9-10,22H,1-2,7-8H2;. The maximum absolute atomic E-state index is 12.8. The first kappa shape index (κ1) is 20.3. The number of rotatable bonds is 3. The van der Waals surface area contributed by atoms with Crippen LogP contribution in [0, 0.1) is 0 Å². The van der Waals surface area contributed by atoms with Gasteiger partial charge in [-0.25, -0.2) is 4.98 Å². The highest BCUT2D eigenvalue weighted by molar-refractivity contribution is 7.13. The van der Waals surface area contributed by atoms with Crippen molar-refractivity contribution in [3.63, 3.8) is 0 Å². The van der Waals surface area contributed by atoms with Crippen LogP contribution in [0.15, 0.2) is 28.1 Å². The van der Waals surface area contributed by atoms with Gasteiger partial charge in [0.15, 0.2) is 16.8 Å². The number of thiazole rings is 1. The summed E-state index contributed by atoms with van der Waals surface area (Å²) < 4.78 is 48.5. The van der Waals surface area contributed by atoms with E-state index in [0.717, 1.165) is 12.8 Å². The molecule has 2 aliphatic rings. The van der Waals surface area contributed by atoms with Crippen LogP contribution in [0.5, 0.6) is 5.75 Å². The number of halogens is 3. The van der Waals surface area contributed by atoms with Crippen LogP contribution in [0.1, 0.15) is 12.8 Å². The number of oxazole rings is 1. The van der Waals surface area contributed by atoms with Crippen molar-refractivity contribution >= 4 is 34.6 Å². The Bertz CT molecular complexity index is 1050. The maximum atomic E-state index is 12.8. The van der Waals surface area contributed by atoms with Gasteiger partial charge in [-0.3, -0.25) is 0 Å². The number of fused-ring (bicyclic) bond motifs is 3. The Labute approximate surface area is 171 Å². The molecule has 2 saturated heterocycles. The van der Waals surface area contributed by atoms with Crippen LogP contribution in [0.4, 0.5) is 19.2 Å². The first-order chi connectivity index (χ1) is 14.4. The normalized spacial score (nSPS) is 20.6. The fourth-order valence-electron chi connectivity index (χ4n) is 3.79. The van der Waals surface area contributed by atoms with E-state index in [1.54, 1.807) is 11.6 Å². The number of aromatic nitrogens is 2. The van der Waals surface area contributed by atoms with E-state index < -0.39 is 6.36 Å². The monoisotopic (exact) mass is 440 g/mol. The van der Waals surface area contributed by atoms with Crippen molar-refractivity contribution in [2.75, 3.05) is 18.0 Å². The lowest BCUT2D eigenvalue weighted by Gasteiger charge is -2.31. The number of carbonyl (C=O) groups excluding carboxylic acids is 2. The molecule has 0 aliphatic carbocycles. The Kier molecular flexibility index (Phi) is 5.46. The number of anilines is 1. The highest BCUT2D eigenvalue weighted by Crippen LogP contribution is 2.39. The summed E-state index contributed by atoms with van der Waals surface area (Å²) in [5.74, 6) is -0.370. The van der Waals surface area contributed by atoms with Crippen molar-refractivity contribution in [3.8, 4) is 16.3 Å². The summed E-state index contributed by atoms with van der Waals surface area (Å²) in [7, 11) is 0. The fourth-order valence-corrected chi connectivity index (χ4v) is 4.45.